The topological polar surface area (TPSA) is 80.5 Å². The minimum atomic E-state index is -3.90. The molecule has 1 fully saturated rings. The van der Waals surface area contributed by atoms with Crippen molar-refractivity contribution in [1.29, 1.82) is 0 Å². The van der Waals surface area contributed by atoms with Crippen LogP contribution in [0.2, 0.25) is 5.02 Å². The van der Waals surface area contributed by atoms with Crippen LogP contribution in [0.25, 0.3) is 0 Å². The van der Waals surface area contributed by atoms with Crippen LogP contribution in [0, 0.1) is 11.8 Å². The fraction of sp³-hybridized carbons (Fsp3) is 0.462. The Kier molecular flexibility index (Phi) is 4.68. The molecule has 2 N–H and O–H groups in total. The van der Waals surface area contributed by atoms with Crippen LogP contribution in [0.1, 0.15) is 23.7 Å². The molecule has 1 aliphatic rings. The molecule has 21 heavy (non-hydrogen) atoms. The monoisotopic (exact) mass is 394 g/mol. The quantitative estimate of drug-likeness (QED) is 0.850. The highest BCUT2D eigenvalue weighted by molar-refractivity contribution is 9.10. The van der Waals surface area contributed by atoms with Crippen molar-refractivity contribution in [3.05, 3.63) is 27.2 Å². The van der Waals surface area contributed by atoms with Gasteiger partial charge in [0.05, 0.1) is 15.5 Å². The number of primary sulfonamides is 1. The number of nitrogens with two attached hydrogens (primary N) is 1. The van der Waals surface area contributed by atoms with E-state index in [1.807, 2.05) is 0 Å². The molecule has 116 valence electrons. The van der Waals surface area contributed by atoms with E-state index in [1.54, 1.807) is 11.9 Å². The van der Waals surface area contributed by atoms with Gasteiger partial charge in [0.15, 0.2) is 0 Å². The summed E-state index contributed by atoms with van der Waals surface area (Å²) in [6, 6.07) is 2.51. The Balaban J connectivity index is 2.33. The largest absolute Gasteiger partial charge is 0.341 e. The summed E-state index contributed by atoms with van der Waals surface area (Å²) in [6.45, 7) is 2.77. The normalized spacial score (nSPS) is 21.2. The molecule has 0 radical (unpaired) electrons. The first kappa shape index (κ1) is 16.7. The molecular formula is C13H16BrClN2O3S. The Labute approximate surface area is 137 Å². The average molecular weight is 396 g/mol. The lowest BCUT2D eigenvalue weighted by atomic mass is 10.2. The van der Waals surface area contributed by atoms with Gasteiger partial charge < -0.3 is 4.90 Å². The third kappa shape index (κ3) is 3.77. The minimum Gasteiger partial charge on any atom is -0.341 e. The zero-order chi connectivity index (χ0) is 15.9. The zero-order valence-corrected chi connectivity index (χ0v) is 14.8. The van der Waals surface area contributed by atoms with E-state index < -0.39 is 10.0 Å². The van der Waals surface area contributed by atoms with Crippen molar-refractivity contribution >= 4 is 43.5 Å². The first-order valence-electron chi connectivity index (χ1n) is 6.38. The van der Waals surface area contributed by atoms with Crippen LogP contribution in [0.5, 0.6) is 0 Å². The first-order chi connectivity index (χ1) is 9.61. The molecule has 0 spiro atoms. The maximum absolute atomic E-state index is 12.5. The molecule has 5 nitrogen and oxygen atoms in total. The summed E-state index contributed by atoms with van der Waals surface area (Å²) in [5, 5.41) is 5.30. The smallest absolute Gasteiger partial charge is 0.255 e. The van der Waals surface area contributed by atoms with Crippen LogP contribution >= 0.6 is 27.5 Å². The van der Waals surface area contributed by atoms with E-state index in [-0.39, 0.29) is 21.4 Å². The molecular weight excluding hydrogens is 380 g/mol. The molecule has 1 aliphatic carbocycles. The summed E-state index contributed by atoms with van der Waals surface area (Å²) in [6.07, 6.45) is 1.10. The number of hydrogen-bond donors (Lipinski definition) is 1. The molecule has 2 unspecified atom stereocenters. The highest BCUT2D eigenvalue weighted by Crippen LogP contribution is 2.38. The second kappa shape index (κ2) is 5.87. The van der Waals surface area contributed by atoms with Gasteiger partial charge in [0.2, 0.25) is 10.0 Å². The zero-order valence-electron chi connectivity index (χ0n) is 11.6. The molecule has 1 aromatic carbocycles. The Hall–Kier alpha value is -0.630. The van der Waals surface area contributed by atoms with Crippen LogP contribution in [0.15, 0.2) is 21.5 Å². The van der Waals surface area contributed by atoms with Crippen molar-refractivity contribution in [2.45, 2.75) is 18.2 Å². The summed E-state index contributed by atoms with van der Waals surface area (Å²) < 4.78 is 23.2. The highest BCUT2D eigenvalue weighted by atomic mass is 79.9. The van der Waals surface area contributed by atoms with E-state index in [2.05, 4.69) is 22.9 Å². The molecule has 0 aliphatic heterocycles. The van der Waals surface area contributed by atoms with Crippen molar-refractivity contribution in [3.63, 3.8) is 0 Å². The molecule has 2 rings (SSSR count). The van der Waals surface area contributed by atoms with Crippen molar-refractivity contribution in [2.75, 3.05) is 13.6 Å². The SMILES string of the molecule is CC1CC1CN(C)C(=O)c1cc(S(N)(=O)=O)cc(Br)c1Cl. The summed E-state index contributed by atoms with van der Waals surface area (Å²) in [7, 11) is -2.22. The van der Waals surface area contributed by atoms with Gasteiger partial charge in [-0.2, -0.15) is 0 Å². The predicted molar refractivity (Wildman–Crippen MR) is 84.8 cm³/mol. The van der Waals surface area contributed by atoms with Crippen molar-refractivity contribution in [3.8, 4) is 0 Å². The molecule has 2 atom stereocenters. The molecule has 0 aromatic heterocycles. The lowest BCUT2D eigenvalue weighted by Gasteiger charge is -2.18. The maximum atomic E-state index is 12.5. The molecule has 1 aromatic rings. The van der Waals surface area contributed by atoms with Crippen LogP contribution in [0.3, 0.4) is 0 Å². The standard InChI is InChI=1S/C13H16BrClN2O3S/c1-7-3-8(7)6-17(2)13(18)10-4-9(21(16,19)20)5-11(14)12(10)15/h4-5,7-8H,3,6H2,1-2H3,(H2,16,19,20). The maximum Gasteiger partial charge on any atom is 0.255 e. The number of rotatable bonds is 4. The highest BCUT2D eigenvalue weighted by Gasteiger charge is 2.34. The third-order valence-electron chi connectivity index (χ3n) is 3.69. The van der Waals surface area contributed by atoms with Gasteiger partial charge in [-0.15, -0.1) is 0 Å². The minimum absolute atomic E-state index is 0.130. The lowest BCUT2D eigenvalue weighted by molar-refractivity contribution is 0.0787. The first-order valence-corrected chi connectivity index (χ1v) is 9.10. The number of carbonyl (C=O) groups excluding carboxylic acids is 1. The summed E-state index contributed by atoms with van der Waals surface area (Å²) in [5.41, 5.74) is 0.130. The molecule has 0 saturated heterocycles. The molecule has 1 saturated carbocycles. The number of sulfonamides is 1. The van der Waals surface area contributed by atoms with Gasteiger partial charge in [-0.3, -0.25) is 4.79 Å². The summed E-state index contributed by atoms with van der Waals surface area (Å²) >= 11 is 9.26. The van der Waals surface area contributed by atoms with Crippen LogP contribution in [-0.2, 0) is 10.0 Å². The van der Waals surface area contributed by atoms with Crippen molar-refractivity contribution in [2.24, 2.45) is 17.0 Å². The van der Waals surface area contributed by atoms with Crippen LogP contribution in [0.4, 0.5) is 0 Å². The summed E-state index contributed by atoms with van der Waals surface area (Å²) in [4.78, 5) is 13.9. The van der Waals surface area contributed by atoms with Gasteiger partial charge in [0.1, 0.15) is 0 Å². The Morgan fingerprint density at radius 2 is 2.10 bits per heavy atom. The molecule has 8 heteroatoms. The molecule has 1 amide bonds. The predicted octanol–water partition coefficient (Wildman–Crippen LogP) is 2.48. The second-order valence-electron chi connectivity index (χ2n) is 5.47. The molecule has 0 heterocycles. The van der Waals surface area contributed by atoms with Gasteiger partial charge in [-0.25, -0.2) is 13.6 Å². The second-order valence-corrected chi connectivity index (χ2v) is 8.26. The van der Waals surface area contributed by atoms with E-state index in [4.69, 9.17) is 16.7 Å². The summed E-state index contributed by atoms with van der Waals surface area (Å²) in [5.74, 6) is 0.811. The Morgan fingerprint density at radius 3 is 2.57 bits per heavy atom. The molecule has 0 bridgehead atoms. The lowest BCUT2D eigenvalue weighted by Crippen LogP contribution is -2.29. The van der Waals surface area contributed by atoms with Gasteiger partial charge in [0, 0.05) is 18.1 Å². The van der Waals surface area contributed by atoms with Crippen LogP contribution < -0.4 is 5.14 Å². The van der Waals surface area contributed by atoms with Crippen LogP contribution in [-0.4, -0.2) is 32.8 Å². The fourth-order valence-corrected chi connectivity index (χ4v) is 3.54. The number of halogens is 2. The van der Waals surface area contributed by atoms with Crippen molar-refractivity contribution in [1.82, 2.24) is 4.90 Å². The fourth-order valence-electron chi connectivity index (χ4n) is 2.18. The van der Waals surface area contributed by atoms with Crippen molar-refractivity contribution < 1.29 is 13.2 Å². The van der Waals surface area contributed by atoms with E-state index in [0.29, 0.717) is 22.9 Å². The van der Waals surface area contributed by atoms with Gasteiger partial charge in [0.25, 0.3) is 5.91 Å². The third-order valence-corrected chi connectivity index (χ3v) is 5.85. The number of hydrogen-bond acceptors (Lipinski definition) is 3. The Bertz CT molecular complexity index is 693. The Morgan fingerprint density at radius 1 is 1.52 bits per heavy atom. The van der Waals surface area contributed by atoms with E-state index in [0.717, 1.165) is 6.42 Å². The van der Waals surface area contributed by atoms with Gasteiger partial charge in [-0.1, -0.05) is 18.5 Å². The number of nitrogens with zero attached hydrogens (tertiary/aromatic N) is 1. The average Bonchev–Trinajstić information content (AvgIpc) is 3.05. The number of carbonyl (C=O) groups is 1. The van der Waals surface area contributed by atoms with E-state index in [1.165, 1.54) is 12.1 Å². The van der Waals surface area contributed by atoms with Gasteiger partial charge in [-0.05, 0) is 46.3 Å². The van der Waals surface area contributed by atoms with Gasteiger partial charge >= 0.3 is 0 Å². The van der Waals surface area contributed by atoms with E-state index >= 15 is 0 Å². The van der Waals surface area contributed by atoms with E-state index in [9.17, 15) is 13.2 Å². The number of amides is 1. The number of benzene rings is 1.